The van der Waals surface area contributed by atoms with Gasteiger partial charge in [-0.3, -0.25) is 0 Å². The average Bonchev–Trinajstić information content (AvgIpc) is 2.12. The highest BCUT2D eigenvalue weighted by molar-refractivity contribution is 6.30. The third kappa shape index (κ3) is 1.99. The minimum Gasteiger partial charge on any atom is -0.329 e. The third-order valence-electron chi connectivity index (χ3n) is 1.98. The Morgan fingerprint density at radius 1 is 1.54 bits per heavy atom. The molecular formula is C9H12ClFN2. The highest BCUT2D eigenvalue weighted by Crippen LogP contribution is 2.25. The second-order valence-corrected chi connectivity index (χ2v) is 3.34. The van der Waals surface area contributed by atoms with Gasteiger partial charge in [0.15, 0.2) is 0 Å². The van der Waals surface area contributed by atoms with Crippen LogP contribution in [0.1, 0.15) is 17.2 Å². The quantitative estimate of drug-likeness (QED) is 0.768. The van der Waals surface area contributed by atoms with Crippen LogP contribution in [0.15, 0.2) is 12.1 Å². The molecule has 1 atom stereocenters. The number of nitrogens with two attached hydrogens (primary N) is 2. The van der Waals surface area contributed by atoms with Gasteiger partial charge in [-0.15, -0.1) is 0 Å². The van der Waals surface area contributed by atoms with Crippen LogP contribution in [0.2, 0.25) is 5.02 Å². The predicted octanol–water partition coefficient (Wildman–Crippen LogP) is 1.75. The van der Waals surface area contributed by atoms with Crippen LogP contribution in [-0.4, -0.2) is 6.54 Å². The van der Waals surface area contributed by atoms with Crippen LogP contribution >= 0.6 is 11.6 Å². The topological polar surface area (TPSA) is 52.0 Å². The zero-order valence-corrected chi connectivity index (χ0v) is 8.11. The summed E-state index contributed by atoms with van der Waals surface area (Å²) in [7, 11) is 0. The molecule has 4 heteroatoms. The van der Waals surface area contributed by atoms with E-state index in [1.165, 1.54) is 6.07 Å². The Morgan fingerprint density at radius 2 is 2.15 bits per heavy atom. The zero-order chi connectivity index (χ0) is 10.0. The van der Waals surface area contributed by atoms with Crippen molar-refractivity contribution >= 4 is 11.6 Å². The molecular weight excluding hydrogens is 191 g/mol. The van der Waals surface area contributed by atoms with Gasteiger partial charge in [-0.2, -0.15) is 0 Å². The Balaban J connectivity index is 3.25. The second kappa shape index (κ2) is 4.05. The fourth-order valence-electron chi connectivity index (χ4n) is 1.24. The van der Waals surface area contributed by atoms with Gasteiger partial charge in [0.1, 0.15) is 5.82 Å². The Hall–Kier alpha value is -0.640. The fourth-order valence-corrected chi connectivity index (χ4v) is 1.40. The van der Waals surface area contributed by atoms with Gasteiger partial charge >= 0.3 is 0 Å². The molecule has 0 aliphatic rings. The number of hydrogen-bond donors (Lipinski definition) is 2. The van der Waals surface area contributed by atoms with E-state index in [4.69, 9.17) is 23.1 Å². The Morgan fingerprint density at radius 3 is 2.69 bits per heavy atom. The van der Waals surface area contributed by atoms with Crippen molar-refractivity contribution in [3.05, 3.63) is 34.1 Å². The van der Waals surface area contributed by atoms with Crippen LogP contribution in [0.5, 0.6) is 0 Å². The summed E-state index contributed by atoms with van der Waals surface area (Å²) in [6, 6.07) is 2.76. The van der Waals surface area contributed by atoms with Crippen LogP contribution in [0.3, 0.4) is 0 Å². The lowest BCUT2D eigenvalue weighted by Gasteiger charge is -2.14. The number of hydrogen-bond acceptors (Lipinski definition) is 2. The number of aryl methyl sites for hydroxylation is 1. The monoisotopic (exact) mass is 202 g/mol. The molecule has 0 unspecified atom stereocenters. The van der Waals surface area contributed by atoms with Crippen molar-refractivity contribution in [3.63, 3.8) is 0 Å². The van der Waals surface area contributed by atoms with Gasteiger partial charge in [0.2, 0.25) is 0 Å². The smallest absolute Gasteiger partial charge is 0.146 e. The highest BCUT2D eigenvalue weighted by atomic mass is 35.5. The van der Waals surface area contributed by atoms with Crippen molar-refractivity contribution in [2.75, 3.05) is 6.54 Å². The summed E-state index contributed by atoms with van der Waals surface area (Å²) in [6.45, 7) is 1.99. The Kier molecular flexibility index (Phi) is 3.25. The molecule has 13 heavy (non-hydrogen) atoms. The van der Waals surface area contributed by atoms with Crippen LogP contribution in [0.4, 0.5) is 4.39 Å². The van der Waals surface area contributed by atoms with Gasteiger partial charge < -0.3 is 11.5 Å². The average molecular weight is 203 g/mol. The minimum absolute atomic E-state index is 0.0875. The van der Waals surface area contributed by atoms with Gasteiger partial charge in [0.25, 0.3) is 0 Å². The lowest BCUT2D eigenvalue weighted by molar-refractivity contribution is 0.581. The number of benzene rings is 1. The standard InChI is InChI=1S/C9H12ClFN2/c1-5-2-3-6(10)9(11)8(5)7(13)4-12/h2-3,7H,4,12-13H2,1H3/t7-/m0/s1. The van der Waals surface area contributed by atoms with E-state index < -0.39 is 11.9 Å². The van der Waals surface area contributed by atoms with Crippen LogP contribution in [-0.2, 0) is 0 Å². The summed E-state index contributed by atoms with van der Waals surface area (Å²) in [5, 5.41) is 0.0875. The molecule has 1 rings (SSSR count). The Bertz CT molecular complexity index is 315. The van der Waals surface area contributed by atoms with E-state index in [1.54, 1.807) is 13.0 Å². The van der Waals surface area contributed by atoms with E-state index in [1.807, 2.05) is 0 Å². The van der Waals surface area contributed by atoms with Crippen molar-refractivity contribution in [2.45, 2.75) is 13.0 Å². The molecule has 1 aromatic rings. The molecule has 0 heterocycles. The van der Waals surface area contributed by atoms with E-state index in [-0.39, 0.29) is 11.6 Å². The van der Waals surface area contributed by atoms with Gasteiger partial charge in [0, 0.05) is 18.2 Å². The van der Waals surface area contributed by atoms with Crippen molar-refractivity contribution < 1.29 is 4.39 Å². The first kappa shape index (κ1) is 10.4. The van der Waals surface area contributed by atoms with Crippen molar-refractivity contribution in [1.29, 1.82) is 0 Å². The van der Waals surface area contributed by atoms with Crippen LogP contribution in [0, 0.1) is 12.7 Å². The molecule has 0 aromatic heterocycles. The SMILES string of the molecule is Cc1ccc(Cl)c(F)c1[C@@H](N)CN. The molecule has 0 aliphatic carbocycles. The summed E-state index contributed by atoms with van der Waals surface area (Å²) in [4.78, 5) is 0. The second-order valence-electron chi connectivity index (χ2n) is 2.93. The molecule has 0 radical (unpaired) electrons. The number of rotatable bonds is 2. The lowest BCUT2D eigenvalue weighted by atomic mass is 10.0. The predicted molar refractivity (Wildman–Crippen MR) is 52.1 cm³/mol. The van der Waals surface area contributed by atoms with Crippen molar-refractivity contribution in [3.8, 4) is 0 Å². The van der Waals surface area contributed by atoms with Crippen LogP contribution in [0.25, 0.3) is 0 Å². The first-order valence-corrected chi connectivity index (χ1v) is 4.36. The van der Waals surface area contributed by atoms with Crippen LogP contribution < -0.4 is 11.5 Å². The van der Waals surface area contributed by atoms with Gasteiger partial charge in [-0.1, -0.05) is 17.7 Å². The molecule has 0 saturated heterocycles. The minimum atomic E-state index is -0.487. The summed E-state index contributed by atoms with van der Waals surface area (Å²) in [5.41, 5.74) is 12.2. The van der Waals surface area contributed by atoms with Crippen molar-refractivity contribution in [2.24, 2.45) is 11.5 Å². The van der Waals surface area contributed by atoms with E-state index in [9.17, 15) is 4.39 Å². The van der Waals surface area contributed by atoms with Crippen molar-refractivity contribution in [1.82, 2.24) is 0 Å². The molecule has 0 fully saturated rings. The zero-order valence-electron chi connectivity index (χ0n) is 7.35. The summed E-state index contributed by atoms with van der Waals surface area (Å²) < 4.78 is 13.4. The summed E-state index contributed by atoms with van der Waals surface area (Å²) in [6.07, 6.45) is 0. The molecule has 72 valence electrons. The maximum absolute atomic E-state index is 13.4. The molecule has 1 aromatic carbocycles. The van der Waals surface area contributed by atoms with Gasteiger partial charge in [-0.05, 0) is 18.6 Å². The molecule has 0 amide bonds. The Labute approximate surface area is 81.7 Å². The largest absolute Gasteiger partial charge is 0.329 e. The lowest BCUT2D eigenvalue weighted by Crippen LogP contribution is -2.23. The molecule has 0 aliphatic heterocycles. The van der Waals surface area contributed by atoms with E-state index >= 15 is 0 Å². The molecule has 2 nitrogen and oxygen atoms in total. The van der Waals surface area contributed by atoms with E-state index in [2.05, 4.69) is 0 Å². The maximum Gasteiger partial charge on any atom is 0.146 e. The number of halogens is 2. The first-order valence-electron chi connectivity index (χ1n) is 3.98. The van der Waals surface area contributed by atoms with Gasteiger partial charge in [0.05, 0.1) is 5.02 Å². The molecule has 4 N–H and O–H groups in total. The molecule has 0 saturated carbocycles. The third-order valence-corrected chi connectivity index (χ3v) is 2.27. The highest BCUT2D eigenvalue weighted by Gasteiger charge is 2.15. The molecule has 0 spiro atoms. The first-order chi connectivity index (χ1) is 6.07. The van der Waals surface area contributed by atoms with E-state index in [0.717, 1.165) is 5.56 Å². The van der Waals surface area contributed by atoms with Gasteiger partial charge in [-0.25, -0.2) is 4.39 Å². The fraction of sp³-hybridized carbons (Fsp3) is 0.333. The summed E-state index contributed by atoms with van der Waals surface area (Å²) in [5.74, 6) is -0.459. The molecule has 0 bridgehead atoms. The normalized spacial score (nSPS) is 13.0. The van der Waals surface area contributed by atoms with E-state index in [0.29, 0.717) is 5.56 Å². The summed E-state index contributed by atoms with van der Waals surface area (Å²) >= 11 is 5.62. The maximum atomic E-state index is 13.4.